The minimum atomic E-state index is 0.496. The number of ether oxygens (including phenoxy) is 1. The zero-order valence-electron chi connectivity index (χ0n) is 9.05. The summed E-state index contributed by atoms with van der Waals surface area (Å²) in [5.74, 6) is 1.13. The van der Waals surface area contributed by atoms with Crippen molar-refractivity contribution in [1.29, 1.82) is 0 Å². The van der Waals surface area contributed by atoms with Crippen molar-refractivity contribution >= 4 is 33.4 Å². The van der Waals surface area contributed by atoms with Crippen molar-refractivity contribution in [3.63, 3.8) is 0 Å². The van der Waals surface area contributed by atoms with Gasteiger partial charge in [0.15, 0.2) is 0 Å². The lowest BCUT2D eigenvalue weighted by Crippen LogP contribution is -1.92. The predicted molar refractivity (Wildman–Crippen MR) is 72.4 cm³/mol. The molecule has 0 saturated heterocycles. The molecule has 0 aliphatic rings. The Balaban J connectivity index is 2.27. The highest BCUT2D eigenvalue weighted by Crippen LogP contribution is 2.31. The molecule has 0 aliphatic carbocycles. The number of benzene rings is 1. The maximum absolute atomic E-state index is 5.70. The zero-order valence-corrected chi connectivity index (χ0v) is 11.5. The Bertz CT molecular complexity index is 536. The normalized spacial score (nSPS) is 10.2. The number of nitrogens with zero attached hydrogens (tertiary/aromatic N) is 2. The van der Waals surface area contributed by atoms with E-state index in [1.54, 1.807) is 18.2 Å². The Morgan fingerprint density at radius 2 is 2.12 bits per heavy atom. The first kappa shape index (κ1) is 12.2. The minimum absolute atomic E-state index is 0.496. The Hall–Kier alpha value is -1.27. The first-order chi connectivity index (χ1) is 8.19. The molecule has 17 heavy (non-hydrogen) atoms. The molecule has 0 aliphatic heterocycles. The highest BCUT2D eigenvalue weighted by Gasteiger charge is 2.05. The van der Waals surface area contributed by atoms with E-state index in [-0.39, 0.29) is 0 Å². The number of aromatic nitrogens is 2. The summed E-state index contributed by atoms with van der Waals surface area (Å²) in [7, 11) is 0. The molecule has 88 valence electrons. The number of hydrogen-bond donors (Lipinski definition) is 1. The number of thioether (sulfide) groups is 1. The van der Waals surface area contributed by atoms with Crippen molar-refractivity contribution in [2.24, 2.45) is 0 Å². The predicted octanol–water partition coefficient (Wildman–Crippen LogP) is 3.34. The number of nitrogens with two attached hydrogens (primary N) is 1. The smallest absolute Gasteiger partial charge is 0.223 e. The summed E-state index contributed by atoms with van der Waals surface area (Å²) in [6.45, 7) is 0. The van der Waals surface area contributed by atoms with Crippen LogP contribution in [0.25, 0.3) is 0 Å². The quantitative estimate of drug-likeness (QED) is 0.535. The molecule has 4 nitrogen and oxygen atoms in total. The topological polar surface area (TPSA) is 61.0 Å². The fourth-order valence-corrected chi connectivity index (χ4v) is 1.90. The molecule has 0 bridgehead atoms. The summed E-state index contributed by atoms with van der Waals surface area (Å²) in [5.41, 5.74) is 6.34. The van der Waals surface area contributed by atoms with Gasteiger partial charge in [0.05, 0.1) is 4.47 Å². The fraction of sp³-hybridized carbons (Fsp3) is 0.0909. The van der Waals surface area contributed by atoms with Crippen LogP contribution < -0.4 is 10.5 Å². The average molecular weight is 312 g/mol. The Morgan fingerprint density at radius 3 is 2.88 bits per heavy atom. The minimum Gasteiger partial charge on any atom is -0.438 e. The highest BCUT2D eigenvalue weighted by molar-refractivity contribution is 9.10. The van der Waals surface area contributed by atoms with Crippen LogP contribution in [0, 0.1) is 0 Å². The maximum atomic E-state index is 5.70. The second kappa shape index (κ2) is 5.37. The summed E-state index contributed by atoms with van der Waals surface area (Å²) in [6.07, 6.45) is 3.42. The second-order valence-electron chi connectivity index (χ2n) is 3.19. The third-order valence-electron chi connectivity index (χ3n) is 2.00. The molecule has 2 aromatic rings. The fourth-order valence-electron chi connectivity index (χ4n) is 1.20. The van der Waals surface area contributed by atoms with E-state index in [1.807, 2.05) is 12.3 Å². The van der Waals surface area contributed by atoms with E-state index in [0.29, 0.717) is 17.3 Å². The average Bonchev–Trinajstić information content (AvgIpc) is 2.34. The molecule has 1 heterocycles. The third kappa shape index (κ3) is 3.10. The van der Waals surface area contributed by atoms with Crippen LogP contribution in [0.15, 0.2) is 40.1 Å². The van der Waals surface area contributed by atoms with Gasteiger partial charge in [-0.1, -0.05) is 0 Å². The van der Waals surface area contributed by atoms with Crippen LogP contribution in [-0.4, -0.2) is 16.2 Å². The van der Waals surface area contributed by atoms with Gasteiger partial charge in [-0.15, -0.1) is 11.8 Å². The number of hydrogen-bond acceptors (Lipinski definition) is 5. The van der Waals surface area contributed by atoms with Crippen molar-refractivity contribution in [3.8, 4) is 11.6 Å². The Morgan fingerprint density at radius 1 is 1.29 bits per heavy atom. The molecular weight excluding hydrogens is 302 g/mol. The number of anilines is 1. The van der Waals surface area contributed by atoms with Crippen molar-refractivity contribution in [2.75, 3.05) is 12.0 Å². The summed E-state index contributed by atoms with van der Waals surface area (Å²) in [6, 6.07) is 7.15. The maximum Gasteiger partial charge on any atom is 0.223 e. The van der Waals surface area contributed by atoms with Gasteiger partial charge in [0.1, 0.15) is 17.1 Å². The van der Waals surface area contributed by atoms with E-state index in [9.17, 15) is 0 Å². The highest BCUT2D eigenvalue weighted by atomic mass is 79.9. The molecule has 0 radical (unpaired) electrons. The van der Waals surface area contributed by atoms with Gasteiger partial charge in [0.2, 0.25) is 5.88 Å². The summed E-state index contributed by atoms with van der Waals surface area (Å²) >= 11 is 4.93. The van der Waals surface area contributed by atoms with Crippen LogP contribution in [0.4, 0.5) is 5.69 Å². The van der Waals surface area contributed by atoms with Gasteiger partial charge in [-0.05, 0) is 34.3 Å². The van der Waals surface area contributed by atoms with Gasteiger partial charge in [-0.25, -0.2) is 9.97 Å². The van der Waals surface area contributed by atoms with Crippen LogP contribution in [0.3, 0.4) is 0 Å². The molecule has 6 heteroatoms. The summed E-state index contributed by atoms with van der Waals surface area (Å²) in [4.78, 5) is 8.12. The standard InChI is InChI=1S/C11H10BrN3OS/c1-17-11-5-10(14-6-15-11)16-9-4-7(13)2-3-8(9)12/h2-6H,13H2,1H3. The Kier molecular flexibility index (Phi) is 3.86. The number of nitrogen functional groups attached to an aromatic ring is 1. The van der Waals surface area contributed by atoms with Crippen LogP contribution in [0.2, 0.25) is 0 Å². The molecule has 0 amide bonds. The van der Waals surface area contributed by atoms with Crippen molar-refractivity contribution < 1.29 is 4.74 Å². The van der Waals surface area contributed by atoms with E-state index in [1.165, 1.54) is 18.1 Å². The molecule has 0 fully saturated rings. The van der Waals surface area contributed by atoms with Gasteiger partial charge in [-0.2, -0.15) is 0 Å². The van der Waals surface area contributed by atoms with Crippen LogP contribution in [0.1, 0.15) is 0 Å². The number of halogens is 1. The number of rotatable bonds is 3. The molecule has 0 atom stereocenters. The van der Waals surface area contributed by atoms with Gasteiger partial charge in [0.25, 0.3) is 0 Å². The lowest BCUT2D eigenvalue weighted by molar-refractivity contribution is 0.456. The Labute approximate surface area is 112 Å². The first-order valence-electron chi connectivity index (χ1n) is 4.78. The van der Waals surface area contributed by atoms with E-state index in [0.717, 1.165) is 9.50 Å². The molecule has 0 spiro atoms. The molecule has 2 rings (SSSR count). The van der Waals surface area contributed by atoms with Gasteiger partial charge >= 0.3 is 0 Å². The lowest BCUT2D eigenvalue weighted by atomic mass is 10.3. The van der Waals surface area contributed by atoms with Crippen molar-refractivity contribution in [2.45, 2.75) is 5.03 Å². The van der Waals surface area contributed by atoms with Crippen LogP contribution in [0.5, 0.6) is 11.6 Å². The zero-order chi connectivity index (χ0) is 12.3. The lowest BCUT2D eigenvalue weighted by Gasteiger charge is -2.07. The summed E-state index contributed by atoms with van der Waals surface area (Å²) in [5, 5.41) is 0.857. The monoisotopic (exact) mass is 311 g/mol. The van der Waals surface area contributed by atoms with Gasteiger partial charge in [-0.3, -0.25) is 0 Å². The van der Waals surface area contributed by atoms with Gasteiger partial charge in [0, 0.05) is 17.8 Å². The van der Waals surface area contributed by atoms with Crippen molar-refractivity contribution in [1.82, 2.24) is 9.97 Å². The molecule has 1 aromatic carbocycles. The van der Waals surface area contributed by atoms with E-state index in [4.69, 9.17) is 10.5 Å². The molecular formula is C11H10BrN3OS. The third-order valence-corrected chi connectivity index (χ3v) is 3.29. The van der Waals surface area contributed by atoms with E-state index < -0.39 is 0 Å². The van der Waals surface area contributed by atoms with E-state index in [2.05, 4.69) is 25.9 Å². The van der Waals surface area contributed by atoms with Crippen LogP contribution in [-0.2, 0) is 0 Å². The first-order valence-corrected chi connectivity index (χ1v) is 6.80. The van der Waals surface area contributed by atoms with E-state index >= 15 is 0 Å². The molecule has 0 saturated carbocycles. The molecule has 1 aromatic heterocycles. The van der Waals surface area contributed by atoms with Gasteiger partial charge < -0.3 is 10.5 Å². The summed E-state index contributed by atoms with van der Waals surface area (Å²) < 4.78 is 6.47. The van der Waals surface area contributed by atoms with Crippen molar-refractivity contribution in [3.05, 3.63) is 35.1 Å². The molecule has 2 N–H and O–H groups in total. The SMILES string of the molecule is CSc1cc(Oc2cc(N)ccc2Br)ncn1. The molecule has 0 unspecified atom stereocenters. The largest absolute Gasteiger partial charge is 0.438 e. The van der Waals surface area contributed by atoms with Crippen LogP contribution >= 0.6 is 27.7 Å². The second-order valence-corrected chi connectivity index (χ2v) is 4.87.